The number of aromatic nitrogens is 2. The van der Waals surface area contributed by atoms with Crippen molar-refractivity contribution in [2.45, 2.75) is 104 Å². The van der Waals surface area contributed by atoms with E-state index in [0.717, 1.165) is 36.0 Å². The van der Waals surface area contributed by atoms with Gasteiger partial charge in [0.2, 0.25) is 0 Å². The maximum atomic E-state index is 11.6. The van der Waals surface area contributed by atoms with Crippen molar-refractivity contribution in [1.29, 1.82) is 5.26 Å². The molecule has 0 aromatic carbocycles. The highest BCUT2D eigenvalue weighted by atomic mass is 16.3. The summed E-state index contributed by atoms with van der Waals surface area (Å²) in [6.07, 6.45) is 18.6. The lowest BCUT2D eigenvalue weighted by molar-refractivity contribution is -0.110. The third-order valence-electron chi connectivity index (χ3n) is 10.8. The molecule has 1 aromatic rings. The molecule has 4 aliphatic carbocycles. The molecular formula is C28H43N3O. The lowest BCUT2D eigenvalue weighted by Gasteiger charge is -2.59. The quantitative estimate of drug-likeness (QED) is 0.597. The van der Waals surface area contributed by atoms with Crippen molar-refractivity contribution >= 4 is 0 Å². The predicted molar refractivity (Wildman–Crippen MR) is 127 cm³/mol. The van der Waals surface area contributed by atoms with E-state index < -0.39 is 5.60 Å². The van der Waals surface area contributed by atoms with E-state index in [9.17, 15) is 5.11 Å². The smallest absolute Gasteiger partial charge is 0.102 e. The normalized spacial score (nSPS) is 42.9. The van der Waals surface area contributed by atoms with Crippen molar-refractivity contribution < 1.29 is 5.11 Å². The Morgan fingerprint density at radius 3 is 2.69 bits per heavy atom. The summed E-state index contributed by atoms with van der Waals surface area (Å²) in [5, 5.41) is 25.0. The van der Waals surface area contributed by atoms with Crippen LogP contribution in [0.2, 0.25) is 0 Å². The largest absolute Gasteiger partial charge is 0.388 e. The lowest BCUT2D eigenvalue weighted by Crippen LogP contribution is -2.52. The molecule has 4 aliphatic rings. The third kappa shape index (κ3) is 3.73. The van der Waals surface area contributed by atoms with Crippen LogP contribution < -0.4 is 0 Å². The zero-order valence-electron chi connectivity index (χ0n) is 20.5. The predicted octanol–water partition coefficient (Wildman–Crippen LogP) is 6.19. The summed E-state index contributed by atoms with van der Waals surface area (Å²) in [5.74, 6) is 5.57. The summed E-state index contributed by atoms with van der Waals surface area (Å²) in [6, 6.07) is 2.15. The van der Waals surface area contributed by atoms with E-state index in [1.807, 2.05) is 6.92 Å². The van der Waals surface area contributed by atoms with E-state index in [1.165, 1.54) is 64.2 Å². The second-order valence-corrected chi connectivity index (χ2v) is 12.5. The van der Waals surface area contributed by atoms with Crippen LogP contribution in [0.1, 0.15) is 97.0 Å². The molecule has 0 bridgehead atoms. The molecular weight excluding hydrogens is 394 g/mol. The van der Waals surface area contributed by atoms with Gasteiger partial charge < -0.3 is 5.11 Å². The van der Waals surface area contributed by atoms with Crippen LogP contribution >= 0.6 is 0 Å². The van der Waals surface area contributed by atoms with E-state index in [-0.39, 0.29) is 0 Å². The minimum absolute atomic E-state index is 0.356. The average molecular weight is 438 g/mol. The fourth-order valence-electron chi connectivity index (χ4n) is 9.40. The molecule has 1 N–H and O–H groups in total. The fourth-order valence-corrected chi connectivity index (χ4v) is 9.40. The third-order valence-corrected chi connectivity index (χ3v) is 10.8. The van der Waals surface area contributed by atoms with E-state index in [1.54, 1.807) is 17.1 Å². The highest BCUT2D eigenvalue weighted by molar-refractivity contribution is 5.21. The Morgan fingerprint density at radius 1 is 1.16 bits per heavy atom. The van der Waals surface area contributed by atoms with Gasteiger partial charge >= 0.3 is 0 Å². The van der Waals surface area contributed by atoms with Gasteiger partial charge in [0.1, 0.15) is 6.07 Å². The average Bonchev–Trinajstić information content (AvgIpc) is 3.41. The molecule has 0 spiro atoms. The van der Waals surface area contributed by atoms with Crippen molar-refractivity contribution in [2.75, 3.05) is 0 Å². The number of hydrogen-bond acceptors (Lipinski definition) is 3. The van der Waals surface area contributed by atoms with Crippen LogP contribution in [0.4, 0.5) is 0 Å². The summed E-state index contributed by atoms with van der Waals surface area (Å²) in [4.78, 5) is 0. The lowest BCUT2D eigenvalue weighted by atomic mass is 9.46. The first-order valence-electron chi connectivity index (χ1n) is 13.5. The molecule has 0 amide bonds. The van der Waals surface area contributed by atoms with Gasteiger partial charge in [0, 0.05) is 6.20 Å². The molecule has 176 valence electrons. The molecule has 0 radical (unpaired) electrons. The van der Waals surface area contributed by atoms with Gasteiger partial charge in [-0.3, -0.25) is 4.68 Å². The van der Waals surface area contributed by atoms with Gasteiger partial charge in [-0.15, -0.1) is 0 Å². The minimum Gasteiger partial charge on any atom is -0.388 e. The standard InChI is InChI=1S/C28H43N3O/c1-4-5-19-12-13-27(2)21(14-19)6-7-23-22-8-11-26(24(22)9-10-25(23)27)28(3,32)18-31-17-20(15-29)16-30-31/h16-17,19,21-26,32H,4-14,18H2,1-3H3/t19?,21?,22-,23?,24?,25?,26-,27?,28+/m0/s1. The van der Waals surface area contributed by atoms with Gasteiger partial charge in [-0.05, 0) is 112 Å². The molecule has 32 heavy (non-hydrogen) atoms. The molecule has 4 saturated carbocycles. The van der Waals surface area contributed by atoms with Gasteiger partial charge in [-0.1, -0.05) is 26.7 Å². The number of nitrogens with zero attached hydrogens (tertiary/aromatic N) is 3. The van der Waals surface area contributed by atoms with Crippen molar-refractivity contribution in [2.24, 2.45) is 46.8 Å². The topological polar surface area (TPSA) is 61.8 Å². The molecule has 4 heteroatoms. The van der Waals surface area contributed by atoms with Gasteiger partial charge in [0.25, 0.3) is 0 Å². The highest BCUT2D eigenvalue weighted by Crippen LogP contribution is 2.65. The van der Waals surface area contributed by atoms with Crippen molar-refractivity contribution in [3.8, 4) is 6.07 Å². The number of aliphatic hydroxyl groups is 1. The van der Waals surface area contributed by atoms with Crippen LogP contribution in [0, 0.1) is 58.2 Å². The van der Waals surface area contributed by atoms with Crippen LogP contribution in [-0.2, 0) is 6.54 Å². The Hall–Kier alpha value is -1.34. The number of fused-ring (bicyclic) bond motifs is 5. The van der Waals surface area contributed by atoms with E-state index in [4.69, 9.17) is 5.26 Å². The summed E-state index contributed by atoms with van der Waals surface area (Å²) in [5.41, 5.74) is 0.385. The Bertz CT molecular complexity index is 853. The van der Waals surface area contributed by atoms with Crippen molar-refractivity contribution in [3.63, 3.8) is 0 Å². The van der Waals surface area contributed by atoms with Gasteiger partial charge in [-0.2, -0.15) is 10.4 Å². The summed E-state index contributed by atoms with van der Waals surface area (Å²) in [7, 11) is 0. The van der Waals surface area contributed by atoms with Gasteiger partial charge in [-0.25, -0.2) is 0 Å². The van der Waals surface area contributed by atoms with E-state index in [0.29, 0.717) is 29.4 Å². The van der Waals surface area contributed by atoms with Gasteiger partial charge in [0.15, 0.2) is 0 Å². The van der Waals surface area contributed by atoms with Crippen molar-refractivity contribution in [1.82, 2.24) is 9.78 Å². The molecule has 5 rings (SSSR count). The monoisotopic (exact) mass is 437 g/mol. The first-order chi connectivity index (χ1) is 15.4. The Morgan fingerprint density at radius 2 is 1.94 bits per heavy atom. The summed E-state index contributed by atoms with van der Waals surface area (Å²) >= 11 is 0. The maximum absolute atomic E-state index is 11.6. The second-order valence-electron chi connectivity index (χ2n) is 12.5. The number of hydrogen-bond donors (Lipinski definition) is 1. The number of rotatable bonds is 5. The van der Waals surface area contributed by atoms with Crippen LogP contribution in [0.15, 0.2) is 12.4 Å². The molecule has 1 heterocycles. The molecule has 0 aliphatic heterocycles. The maximum Gasteiger partial charge on any atom is 0.102 e. The van der Waals surface area contributed by atoms with Crippen LogP contribution in [0.3, 0.4) is 0 Å². The van der Waals surface area contributed by atoms with E-state index >= 15 is 0 Å². The minimum atomic E-state index is -0.760. The van der Waals surface area contributed by atoms with Gasteiger partial charge in [0.05, 0.1) is 23.9 Å². The Labute approximate surface area is 194 Å². The molecule has 1 aromatic heterocycles. The molecule has 6 unspecified atom stereocenters. The molecule has 4 nitrogen and oxygen atoms in total. The van der Waals surface area contributed by atoms with Crippen molar-refractivity contribution in [3.05, 3.63) is 18.0 Å². The highest BCUT2D eigenvalue weighted by Gasteiger charge is 2.58. The summed E-state index contributed by atoms with van der Waals surface area (Å²) in [6.45, 7) is 7.54. The molecule has 4 fully saturated rings. The molecule has 0 saturated heterocycles. The Kier molecular flexibility index (Phi) is 5.94. The Balaban J connectivity index is 1.29. The molecule has 9 atom stereocenters. The van der Waals surface area contributed by atoms with Crippen LogP contribution in [0.25, 0.3) is 0 Å². The first-order valence-corrected chi connectivity index (χ1v) is 13.5. The fraction of sp³-hybridized carbons (Fsp3) is 0.857. The van der Waals surface area contributed by atoms with E-state index in [2.05, 4.69) is 25.0 Å². The summed E-state index contributed by atoms with van der Waals surface area (Å²) < 4.78 is 1.78. The number of nitriles is 1. The zero-order chi connectivity index (χ0) is 22.5. The van der Waals surface area contributed by atoms with Crippen LogP contribution in [-0.4, -0.2) is 20.5 Å². The first kappa shape index (κ1) is 22.5. The second kappa shape index (κ2) is 8.46. The van der Waals surface area contributed by atoms with Crippen LogP contribution in [0.5, 0.6) is 0 Å². The zero-order valence-corrected chi connectivity index (χ0v) is 20.5. The SMILES string of the molecule is CCCC1CCC2(C)C(CCC3C2CCC2[C@H]3CC[C@@H]2[C@](C)(O)Cn2cc(C#N)cn2)C1.